The maximum atomic E-state index is 8.60. The molecule has 90 valence electrons. The van der Waals surface area contributed by atoms with Crippen molar-refractivity contribution >= 4 is 0 Å². The maximum Gasteiger partial charge on any atom is 0.0431 e. The summed E-state index contributed by atoms with van der Waals surface area (Å²) in [5, 5.41) is 8.60. The summed E-state index contributed by atoms with van der Waals surface area (Å²) in [4.78, 5) is 0. The first-order chi connectivity index (χ1) is 7.91. The van der Waals surface area contributed by atoms with Crippen LogP contribution in [0.5, 0.6) is 0 Å². The molecule has 0 rings (SSSR count). The van der Waals surface area contributed by atoms with Crippen LogP contribution in [0.4, 0.5) is 0 Å². The Hall–Kier alpha value is -0.920. The predicted molar refractivity (Wildman–Crippen MR) is 69.9 cm³/mol. The fourth-order valence-corrected chi connectivity index (χ4v) is 1.45. The second-order valence-electron chi connectivity index (χ2n) is 3.91. The van der Waals surface area contributed by atoms with Crippen LogP contribution in [0.2, 0.25) is 0 Å². The van der Waals surface area contributed by atoms with Crippen LogP contribution in [0.1, 0.15) is 64.7 Å². The lowest BCUT2D eigenvalue weighted by molar-refractivity contribution is 0.282. The minimum atomic E-state index is 0.342. The van der Waals surface area contributed by atoms with E-state index in [1.807, 2.05) is 6.92 Å². The predicted octanol–water partition coefficient (Wildman–Crippen LogP) is 3.52. The Morgan fingerprint density at radius 1 is 0.750 bits per heavy atom. The standard InChI is InChI=1S/C15H24O/c1-2-3-4-5-6-7-8-9-10-11-12-13-14-15-16/h16H,2,7-15H2,1H3. The van der Waals surface area contributed by atoms with Gasteiger partial charge in [0.15, 0.2) is 0 Å². The number of rotatable bonds is 8. The minimum Gasteiger partial charge on any atom is -0.396 e. The molecule has 0 aromatic carbocycles. The van der Waals surface area contributed by atoms with Gasteiger partial charge in [-0.1, -0.05) is 50.9 Å². The van der Waals surface area contributed by atoms with E-state index < -0.39 is 0 Å². The molecule has 0 aliphatic rings. The lowest BCUT2D eigenvalue weighted by Gasteiger charge is -1.98. The molecule has 0 saturated heterocycles. The van der Waals surface area contributed by atoms with E-state index in [4.69, 9.17) is 5.11 Å². The van der Waals surface area contributed by atoms with E-state index in [0.29, 0.717) is 6.61 Å². The molecule has 0 amide bonds. The number of hydrogen-bond donors (Lipinski definition) is 1. The van der Waals surface area contributed by atoms with Crippen molar-refractivity contribution in [2.75, 3.05) is 6.61 Å². The Morgan fingerprint density at radius 3 is 1.94 bits per heavy atom. The van der Waals surface area contributed by atoms with Crippen LogP contribution in [-0.2, 0) is 0 Å². The molecular weight excluding hydrogens is 196 g/mol. The lowest BCUT2D eigenvalue weighted by Crippen LogP contribution is -1.83. The van der Waals surface area contributed by atoms with Crippen molar-refractivity contribution in [1.82, 2.24) is 0 Å². The molecule has 0 aromatic heterocycles. The van der Waals surface area contributed by atoms with Gasteiger partial charge in [-0.3, -0.25) is 0 Å². The van der Waals surface area contributed by atoms with E-state index in [2.05, 4.69) is 23.7 Å². The molecule has 0 radical (unpaired) electrons. The topological polar surface area (TPSA) is 20.2 Å². The summed E-state index contributed by atoms with van der Waals surface area (Å²) in [7, 11) is 0. The van der Waals surface area contributed by atoms with E-state index in [0.717, 1.165) is 19.3 Å². The van der Waals surface area contributed by atoms with Crippen molar-refractivity contribution in [3.63, 3.8) is 0 Å². The molecule has 0 saturated carbocycles. The van der Waals surface area contributed by atoms with Crippen molar-refractivity contribution in [2.24, 2.45) is 0 Å². The molecule has 0 bridgehead atoms. The summed E-state index contributed by atoms with van der Waals surface area (Å²) in [6.45, 7) is 2.37. The van der Waals surface area contributed by atoms with Crippen molar-refractivity contribution in [3.05, 3.63) is 0 Å². The molecule has 0 atom stereocenters. The van der Waals surface area contributed by atoms with Gasteiger partial charge in [-0.15, -0.1) is 0 Å². The highest BCUT2D eigenvalue weighted by molar-refractivity contribution is 5.25. The van der Waals surface area contributed by atoms with Gasteiger partial charge in [0.25, 0.3) is 0 Å². The minimum absolute atomic E-state index is 0.342. The third kappa shape index (κ3) is 13.1. The SMILES string of the molecule is CCC#CC#CCCCCCCCCCO. The van der Waals surface area contributed by atoms with Gasteiger partial charge in [-0.05, 0) is 24.7 Å². The molecular formula is C15H24O. The molecule has 0 unspecified atom stereocenters. The maximum absolute atomic E-state index is 8.60. The van der Waals surface area contributed by atoms with Crippen LogP contribution in [0.25, 0.3) is 0 Å². The molecule has 16 heavy (non-hydrogen) atoms. The van der Waals surface area contributed by atoms with Crippen LogP contribution in [-0.4, -0.2) is 11.7 Å². The Kier molecular flexibility index (Phi) is 13.3. The van der Waals surface area contributed by atoms with Crippen molar-refractivity contribution in [2.45, 2.75) is 64.7 Å². The normalized spacial score (nSPS) is 8.88. The third-order valence-electron chi connectivity index (χ3n) is 2.38. The van der Waals surface area contributed by atoms with Gasteiger partial charge < -0.3 is 5.11 Å². The number of hydrogen-bond acceptors (Lipinski definition) is 1. The van der Waals surface area contributed by atoms with Crippen LogP contribution in [0.15, 0.2) is 0 Å². The van der Waals surface area contributed by atoms with Gasteiger partial charge in [-0.2, -0.15) is 0 Å². The van der Waals surface area contributed by atoms with Crippen LogP contribution in [0.3, 0.4) is 0 Å². The average Bonchev–Trinajstić information content (AvgIpc) is 2.31. The van der Waals surface area contributed by atoms with E-state index in [9.17, 15) is 0 Å². The number of aliphatic hydroxyl groups is 1. The Morgan fingerprint density at radius 2 is 1.31 bits per heavy atom. The molecule has 1 heteroatoms. The lowest BCUT2D eigenvalue weighted by atomic mass is 10.1. The third-order valence-corrected chi connectivity index (χ3v) is 2.38. The smallest absolute Gasteiger partial charge is 0.0431 e. The average molecular weight is 220 g/mol. The highest BCUT2D eigenvalue weighted by atomic mass is 16.2. The fourth-order valence-electron chi connectivity index (χ4n) is 1.45. The summed E-state index contributed by atoms with van der Waals surface area (Å²) >= 11 is 0. The number of unbranched alkanes of at least 4 members (excludes halogenated alkanes) is 7. The first-order valence-corrected chi connectivity index (χ1v) is 6.48. The van der Waals surface area contributed by atoms with Gasteiger partial charge in [0.2, 0.25) is 0 Å². The molecule has 0 fully saturated rings. The quantitative estimate of drug-likeness (QED) is 0.490. The van der Waals surface area contributed by atoms with Gasteiger partial charge in [-0.25, -0.2) is 0 Å². The second-order valence-corrected chi connectivity index (χ2v) is 3.91. The van der Waals surface area contributed by atoms with Crippen molar-refractivity contribution < 1.29 is 5.11 Å². The van der Waals surface area contributed by atoms with E-state index >= 15 is 0 Å². The zero-order chi connectivity index (χ0) is 11.9. The summed E-state index contributed by atoms with van der Waals surface area (Å²) in [5.41, 5.74) is 0. The van der Waals surface area contributed by atoms with Gasteiger partial charge in [0, 0.05) is 19.4 Å². The molecule has 1 nitrogen and oxygen atoms in total. The molecule has 0 aromatic rings. The first kappa shape index (κ1) is 15.1. The van der Waals surface area contributed by atoms with Gasteiger partial charge in [0.05, 0.1) is 0 Å². The largest absolute Gasteiger partial charge is 0.396 e. The Labute approximate surface area is 101 Å². The van der Waals surface area contributed by atoms with E-state index in [1.54, 1.807) is 0 Å². The highest BCUT2D eigenvalue weighted by Gasteiger charge is 1.90. The van der Waals surface area contributed by atoms with Crippen molar-refractivity contribution in [1.29, 1.82) is 0 Å². The van der Waals surface area contributed by atoms with Crippen LogP contribution in [0, 0.1) is 23.7 Å². The van der Waals surface area contributed by atoms with Crippen molar-refractivity contribution in [3.8, 4) is 23.7 Å². The summed E-state index contributed by atoms with van der Waals surface area (Å²) in [5.74, 6) is 11.7. The highest BCUT2D eigenvalue weighted by Crippen LogP contribution is 2.07. The van der Waals surface area contributed by atoms with Crippen LogP contribution < -0.4 is 0 Å². The molecule has 0 aliphatic heterocycles. The van der Waals surface area contributed by atoms with E-state index in [-0.39, 0.29) is 0 Å². The molecule has 0 spiro atoms. The Bertz CT molecular complexity index is 246. The van der Waals surface area contributed by atoms with Gasteiger partial charge in [0.1, 0.15) is 0 Å². The first-order valence-electron chi connectivity index (χ1n) is 6.48. The Balaban J connectivity index is 3.11. The number of aliphatic hydroxyl groups excluding tert-OH is 1. The zero-order valence-corrected chi connectivity index (χ0v) is 10.5. The second kappa shape index (κ2) is 14.1. The monoisotopic (exact) mass is 220 g/mol. The molecule has 1 N–H and O–H groups in total. The zero-order valence-electron chi connectivity index (χ0n) is 10.5. The molecule has 0 heterocycles. The summed E-state index contributed by atoms with van der Waals surface area (Å²) < 4.78 is 0. The van der Waals surface area contributed by atoms with Crippen LogP contribution >= 0.6 is 0 Å². The molecule has 0 aliphatic carbocycles. The fraction of sp³-hybridized carbons (Fsp3) is 0.733. The van der Waals surface area contributed by atoms with Gasteiger partial charge >= 0.3 is 0 Å². The summed E-state index contributed by atoms with van der Waals surface area (Å²) in [6, 6.07) is 0. The summed E-state index contributed by atoms with van der Waals surface area (Å²) in [6.07, 6.45) is 10.3. The van der Waals surface area contributed by atoms with E-state index in [1.165, 1.54) is 38.5 Å².